The van der Waals surface area contributed by atoms with E-state index in [4.69, 9.17) is 0 Å². The molecule has 0 bridgehead atoms. The van der Waals surface area contributed by atoms with E-state index in [-0.39, 0.29) is 0 Å². The van der Waals surface area contributed by atoms with Crippen molar-refractivity contribution in [3.8, 4) is 0 Å². The molecule has 0 radical (unpaired) electrons. The molecule has 0 fully saturated rings. The maximum absolute atomic E-state index is 3.50. The number of nitrogens with one attached hydrogen (secondary N) is 1. The van der Waals surface area contributed by atoms with Crippen LogP contribution < -0.4 is 5.32 Å². The van der Waals surface area contributed by atoms with E-state index in [0.29, 0.717) is 4.83 Å². The molecule has 0 aliphatic rings. The maximum atomic E-state index is 3.50. The Morgan fingerprint density at radius 2 is 2.00 bits per heavy atom. The summed E-state index contributed by atoms with van der Waals surface area (Å²) in [5, 5.41) is 3.12. The molecule has 0 aliphatic carbocycles. The molecule has 2 heteroatoms. The Hall–Kier alpha value is 0.440. The zero-order chi connectivity index (χ0) is 6.57. The first-order valence-corrected chi connectivity index (χ1v) is 3.88. The van der Waals surface area contributed by atoms with Crippen LogP contribution in [0.15, 0.2) is 0 Å². The van der Waals surface area contributed by atoms with Crippen molar-refractivity contribution in [3.05, 3.63) is 0 Å². The molecule has 0 unspecified atom stereocenters. The second-order valence-corrected chi connectivity index (χ2v) is 3.66. The van der Waals surface area contributed by atoms with Crippen molar-refractivity contribution in [1.29, 1.82) is 0 Å². The number of hydrogen-bond acceptors (Lipinski definition) is 1. The Bertz CT molecular complexity index is 54.5. The van der Waals surface area contributed by atoms with Gasteiger partial charge in [0.2, 0.25) is 0 Å². The van der Waals surface area contributed by atoms with Crippen LogP contribution in [0.5, 0.6) is 0 Å². The SMILES string of the molecule is CNC[C@H](C)[C@@H](C)Br. The van der Waals surface area contributed by atoms with E-state index in [0.717, 1.165) is 12.5 Å². The Morgan fingerprint density at radius 3 is 2.12 bits per heavy atom. The van der Waals surface area contributed by atoms with Crippen LogP contribution in [0.4, 0.5) is 0 Å². The lowest BCUT2D eigenvalue weighted by Crippen LogP contribution is -2.21. The van der Waals surface area contributed by atoms with E-state index in [2.05, 4.69) is 35.1 Å². The van der Waals surface area contributed by atoms with Crippen LogP contribution in [0, 0.1) is 5.92 Å². The molecule has 0 rings (SSSR count). The number of rotatable bonds is 3. The highest BCUT2D eigenvalue weighted by molar-refractivity contribution is 9.09. The summed E-state index contributed by atoms with van der Waals surface area (Å²) >= 11 is 3.50. The summed E-state index contributed by atoms with van der Waals surface area (Å²) in [5.74, 6) is 0.722. The molecule has 0 aromatic carbocycles. The van der Waals surface area contributed by atoms with Crippen molar-refractivity contribution >= 4 is 15.9 Å². The molecule has 0 saturated heterocycles. The molecular weight excluding hydrogens is 166 g/mol. The molecule has 1 N–H and O–H groups in total. The predicted octanol–water partition coefficient (Wildman–Crippen LogP) is 1.63. The number of halogens is 1. The van der Waals surface area contributed by atoms with Gasteiger partial charge in [-0.25, -0.2) is 0 Å². The summed E-state index contributed by atoms with van der Waals surface area (Å²) in [6.45, 7) is 5.48. The van der Waals surface area contributed by atoms with Crippen molar-refractivity contribution in [3.63, 3.8) is 0 Å². The highest BCUT2D eigenvalue weighted by atomic mass is 79.9. The Kier molecular flexibility index (Phi) is 4.57. The van der Waals surface area contributed by atoms with Gasteiger partial charge in [0.1, 0.15) is 0 Å². The van der Waals surface area contributed by atoms with Gasteiger partial charge >= 0.3 is 0 Å². The lowest BCUT2D eigenvalue weighted by atomic mass is 10.1. The molecule has 50 valence electrons. The first-order valence-electron chi connectivity index (χ1n) is 2.97. The van der Waals surface area contributed by atoms with Crippen molar-refractivity contribution in [2.75, 3.05) is 13.6 Å². The topological polar surface area (TPSA) is 12.0 Å². The summed E-state index contributed by atoms with van der Waals surface area (Å²) in [6, 6.07) is 0. The summed E-state index contributed by atoms with van der Waals surface area (Å²) in [6.07, 6.45) is 0. The van der Waals surface area contributed by atoms with Gasteiger partial charge in [0, 0.05) is 4.83 Å². The fourth-order valence-corrected chi connectivity index (χ4v) is 0.671. The minimum Gasteiger partial charge on any atom is -0.319 e. The normalized spacial score (nSPS) is 18.0. The van der Waals surface area contributed by atoms with Crippen LogP contribution in [0.3, 0.4) is 0 Å². The van der Waals surface area contributed by atoms with Crippen LogP contribution in [-0.4, -0.2) is 18.4 Å². The Balaban J connectivity index is 3.17. The van der Waals surface area contributed by atoms with Crippen molar-refractivity contribution < 1.29 is 0 Å². The fraction of sp³-hybridized carbons (Fsp3) is 1.00. The second-order valence-electron chi connectivity index (χ2n) is 2.21. The molecule has 8 heavy (non-hydrogen) atoms. The monoisotopic (exact) mass is 179 g/mol. The van der Waals surface area contributed by atoms with Gasteiger partial charge in [-0.3, -0.25) is 0 Å². The zero-order valence-electron chi connectivity index (χ0n) is 5.74. The van der Waals surface area contributed by atoms with Crippen LogP contribution in [0.2, 0.25) is 0 Å². The van der Waals surface area contributed by atoms with Crippen LogP contribution >= 0.6 is 15.9 Å². The molecule has 0 aromatic heterocycles. The molecule has 1 nitrogen and oxygen atoms in total. The lowest BCUT2D eigenvalue weighted by molar-refractivity contribution is 0.545. The lowest BCUT2D eigenvalue weighted by Gasteiger charge is -2.11. The first-order chi connectivity index (χ1) is 3.68. The average Bonchev–Trinajstić information content (AvgIpc) is 1.67. The summed E-state index contributed by atoms with van der Waals surface area (Å²) in [5.41, 5.74) is 0. The summed E-state index contributed by atoms with van der Waals surface area (Å²) in [7, 11) is 1.98. The van der Waals surface area contributed by atoms with Gasteiger partial charge in [-0.1, -0.05) is 29.8 Å². The second kappa shape index (κ2) is 4.33. The smallest absolute Gasteiger partial charge is 0.0155 e. The Labute approximate surface area is 60.0 Å². The third kappa shape index (κ3) is 3.44. The van der Waals surface area contributed by atoms with E-state index in [1.54, 1.807) is 0 Å². The van der Waals surface area contributed by atoms with Crippen molar-refractivity contribution in [2.45, 2.75) is 18.7 Å². The number of alkyl halides is 1. The van der Waals surface area contributed by atoms with Gasteiger partial charge in [0.15, 0.2) is 0 Å². The van der Waals surface area contributed by atoms with E-state index in [9.17, 15) is 0 Å². The molecule has 0 spiro atoms. The van der Waals surface area contributed by atoms with Gasteiger partial charge in [0.05, 0.1) is 0 Å². The molecule has 0 amide bonds. The summed E-state index contributed by atoms with van der Waals surface area (Å²) < 4.78 is 0. The fourth-order valence-electron chi connectivity index (χ4n) is 0.484. The molecule has 0 aliphatic heterocycles. The van der Waals surface area contributed by atoms with E-state index in [1.807, 2.05) is 7.05 Å². The van der Waals surface area contributed by atoms with Gasteiger partial charge in [-0.05, 0) is 19.5 Å². The third-order valence-corrected chi connectivity index (χ3v) is 2.21. The van der Waals surface area contributed by atoms with E-state index >= 15 is 0 Å². The average molecular weight is 180 g/mol. The van der Waals surface area contributed by atoms with Crippen LogP contribution in [-0.2, 0) is 0 Å². The van der Waals surface area contributed by atoms with E-state index < -0.39 is 0 Å². The minimum absolute atomic E-state index is 0.620. The van der Waals surface area contributed by atoms with Gasteiger partial charge in [-0.15, -0.1) is 0 Å². The first kappa shape index (κ1) is 8.44. The predicted molar refractivity (Wildman–Crippen MR) is 41.5 cm³/mol. The highest BCUT2D eigenvalue weighted by Gasteiger charge is 2.05. The zero-order valence-corrected chi connectivity index (χ0v) is 7.33. The maximum Gasteiger partial charge on any atom is 0.0155 e. The quantitative estimate of drug-likeness (QED) is 0.651. The minimum atomic E-state index is 0.620. The molecular formula is C6H14BrN. The highest BCUT2D eigenvalue weighted by Crippen LogP contribution is 2.09. The van der Waals surface area contributed by atoms with Crippen LogP contribution in [0.1, 0.15) is 13.8 Å². The molecule has 2 atom stereocenters. The van der Waals surface area contributed by atoms with Gasteiger partial charge < -0.3 is 5.32 Å². The third-order valence-electron chi connectivity index (χ3n) is 1.31. The van der Waals surface area contributed by atoms with Gasteiger partial charge in [0.25, 0.3) is 0 Å². The van der Waals surface area contributed by atoms with E-state index in [1.165, 1.54) is 0 Å². The van der Waals surface area contributed by atoms with Gasteiger partial charge in [-0.2, -0.15) is 0 Å². The van der Waals surface area contributed by atoms with Crippen molar-refractivity contribution in [1.82, 2.24) is 5.32 Å². The molecule has 0 heterocycles. The standard InChI is InChI=1S/C6H14BrN/c1-5(4-8-3)6(2)7/h5-6,8H,4H2,1-3H3/t5-,6+/m0/s1. The summed E-state index contributed by atoms with van der Waals surface area (Å²) in [4.78, 5) is 0.620. The van der Waals surface area contributed by atoms with Crippen LogP contribution in [0.25, 0.3) is 0 Å². The van der Waals surface area contributed by atoms with Crippen molar-refractivity contribution in [2.24, 2.45) is 5.92 Å². The molecule has 0 aromatic rings. The Morgan fingerprint density at radius 1 is 1.50 bits per heavy atom. The number of hydrogen-bond donors (Lipinski definition) is 1. The molecule has 0 saturated carbocycles. The largest absolute Gasteiger partial charge is 0.319 e.